The van der Waals surface area contributed by atoms with Crippen molar-refractivity contribution in [1.82, 2.24) is 15.6 Å². The highest BCUT2D eigenvalue weighted by Crippen LogP contribution is 2.26. The van der Waals surface area contributed by atoms with Gasteiger partial charge in [0.2, 0.25) is 0 Å². The number of aliphatic hydroxyl groups is 1. The fraction of sp³-hybridized carbons (Fsp3) is 0.429. The van der Waals surface area contributed by atoms with Gasteiger partial charge in [-0.25, -0.2) is 4.98 Å². The van der Waals surface area contributed by atoms with E-state index in [4.69, 9.17) is 11.6 Å². The zero-order valence-electron chi connectivity index (χ0n) is 12.7. The molecule has 120 valence electrons. The van der Waals surface area contributed by atoms with E-state index in [1.54, 1.807) is 24.5 Å². The monoisotopic (exact) mass is 358 g/mol. The molecule has 0 aromatic carbocycles. The number of aromatic nitrogens is 1. The fourth-order valence-electron chi connectivity index (χ4n) is 1.92. The van der Waals surface area contributed by atoms with Gasteiger partial charge in [0, 0.05) is 23.3 Å². The Morgan fingerprint density at radius 2 is 2.14 bits per heavy atom. The number of hydrogen-bond donors (Lipinski definition) is 3. The van der Waals surface area contributed by atoms with Crippen LogP contribution in [0.25, 0.3) is 0 Å². The lowest BCUT2D eigenvalue weighted by Crippen LogP contribution is -2.38. The molecule has 0 saturated carbocycles. The molecule has 8 heteroatoms. The highest BCUT2D eigenvalue weighted by Gasteiger charge is 2.11. The summed E-state index contributed by atoms with van der Waals surface area (Å²) in [6.07, 6.45) is -0.608. The van der Waals surface area contributed by atoms with Gasteiger partial charge in [-0.1, -0.05) is 11.6 Å². The standard InChI is InChI=1S/C14H19ClN4OS2/c1-8-12(21-9(2)19-8)7-18-14(16-3)17-6-10(20)11-4-5-13(15)22-11/h4-5,10,20H,6-7H2,1-3H3,(H2,16,17,18). The van der Waals surface area contributed by atoms with E-state index in [2.05, 4.69) is 20.6 Å². The van der Waals surface area contributed by atoms with Crippen molar-refractivity contribution in [3.05, 3.63) is 36.9 Å². The van der Waals surface area contributed by atoms with Crippen LogP contribution in [-0.4, -0.2) is 29.6 Å². The van der Waals surface area contributed by atoms with Crippen molar-refractivity contribution < 1.29 is 5.11 Å². The van der Waals surface area contributed by atoms with E-state index in [1.165, 1.54) is 16.2 Å². The van der Waals surface area contributed by atoms with E-state index in [1.807, 2.05) is 19.9 Å². The summed E-state index contributed by atoms with van der Waals surface area (Å²) in [7, 11) is 1.70. The van der Waals surface area contributed by atoms with Crippen LogP contribution in [0.4, 0.5) is 0 Å². The van der Waals surface area contributed by atoms with Crippen molar-refractivity contribution in [2.24, 2.45) is 4.99 Å². The van der Waals surface area contributed by atoms with Gasteiger partial charge in [-0.3, -0.25) is 4.99 Å². The molecule has 2 rings (SSSR count). The Bertz CT molecular complexity index is 653. The molecule has 0 saturated heterocycles. The molecule has 0 radical (unpaired) electrons. The Balaban J connectivity index is 1.84. The number of hydrogen-bond acceptors (Lipinski definition) is 5. The average molecular weight is 359 g/mol. The third-order valence-electron chi connectivity index (χ3n) is 3.02. The first kappa shape index (κ1) is 17.2. The molecular formula is C14H19ClN4OS2. The molecule has 0 aliphatic heterocycles. The van der Waals surface area contributed by atoms with Crippen LogP contribution in [-0.2, 0) is 6.54 Å². The summed E-state index contributed by atoms with van der Waals surface area (Å²) in [5.74, 6) is 0.646. The second kappa shape index (κ2) is 7.92. The van der Waals surface area contributed by atoms with Crippen LogP contribution in [0.15, 0.2) is 17.1 Å². The van der Waals surface area contributed by atoms with E-state index in [9.17, 15) is 5.11 Å². The number of rotatable bonds is 5. The minimum atomic E-state index is -0.608. The molecule has 2 heterocycles. The minimum absolute atomic E-state index is 0.372. The van der Waals surface area contributed by atoms with Crippen molar-refractivity contribution in [2.45, 2.75) is 26.5 Å². The lowest BCUT2D eigenvalue weighted by atomic mass is 10.3. The van der Waals surface area contributed by atoms with Crippen LogP contribution >= 0.6 is 34.3 Å². The fourth-order valence-corrected chi connectivity index (χ4v) is 3.85. The number of nitrogens with one attached hydrogen (secondary N) is 2. The van der Waals surface area contributed by atoms with Gasteiger partial charge in [0.25, 0.3) is 0 Å². The summed E-state index contributed by atoms with van der Waals surface area (Å²) >= 11 is 8.93. The summed E-state index contributed by atoms with van der Waals surface area (Å²) in [6.45, 7) is 5.03. The van der Waals surface area contributed by atoms with Crippen LogP contribution in [0.2, 0.25) is 4.34 Å². The molecule has 1 unspecified atom stereocenters. The SMILES string of the molecule is CN=C(NCc1sc(C)nc1C)NCC(O)c1ccc(Cl)s1. The molecule has 0 spiro atoms. The summed E-state index contributed by atoms with van der Waals surface area (Å²) < 4.78 is 0.674. The summed E-state index contributed by atoms with van der Waals surface area (Å²) in [6, 6.07) is 3.62. The molecule has 3 N–H and O–H groups in total. The van der Waals surface area contributed by atoms with Crippen LogP contribution in [0, 0.1) is 13.8 Å². The van der Waals surface area contributed by atoms with Gasteiger partial charge in [-0.15, -0.1) is 22.7 Å². The van der Waals surface area contributed by atoms with E-state index in [0.29, 0.717) is 23.4 Å². The number of thiazole rings is 1. The first-order valence-electron chi connectivity index (χ1n) is 6.80. The van der Waals surface area contributed by atoms with E-state index >= 15 is 0 Å². The van der Waals surface area contributed by atoms with Crippen molar-refractivity contribution >= 4 is 40.2 Å². The van der Waals surface area contributed by atoms with Crippen molar-refractivity contribution in [3.8, 4) is 0 Å². The Kier molecular flexibility index (Phi) is 6.19. The highest BCUT2D eigenvalue weighted by atomic mass is 35.5. The predicted molar refractivity (Wildman–Crippen MR) is 94.1 cm³/mol. The molecule has 0 aliphatic carbocycles. The third kappa shape index (κ3) is 4.67. The summed E-state index contributed by atoms with van der Waals surface area (Å²) in [5.41, 5.74) is 1.04. The number of aliphatic imine (C=N–C) groups is 1. The van der Waals surface area contributed by atoms with Gasteiger partial charge < -0.3 is 15.7 Å². The largest absolute Gasteiger partial charge is 0.386 e. The maximum atomic E-state index is 10.1. The van der Waals surface area contributed by atoms with E-state index in [-0.39, 0.29) is 0 Å². The molecule has 22 heavy (non-hydrogen) atoms. The topological polar surface area (TPSA) is 69.5 Å². The van der Waals surface area contributed by atoms with Gasteiger partial charge in [0.15, 0.2) is 5.96 Å². The average Bonchev–Trinajstić information content (AvgIpc) is 3.04. The molecule has 2 aromatic heterocycles. The van der Waals surface area contributed by atoms with Gasteiger partial charge in [-0.2, -0.15) is 0 Å². The van der Waals surface area contributed by atoms with Crippen molar-refractivity contribution in [2.75, 3.05) is 13.6 Å². The molecule has 0 fully saturated rings. The quantitative estimate of drug-likeness (QED) is 0.567. The van der Waals surface area contributed by atoms with Crippen LogP contribution in [0.5, 0.6) is 0 Å². The lowest BCUT2D eigenvalue weighted by molar-refractivity contribution is 0.184. The molecule has 0 amide bonds. The van der Waals surface area contributed by atoms with Crippen molar-refractivity contribution in [3.63, 3.8) is 0 Å². The zero-order chi connectivity index (χ0) is 16.1. The Hall–Kier alpha value is -1.15. The van der Waals surface area contributed by atoms with Gasteiger partial charge in [0.05, 0.1) is 21.6 Å². The Morgan fingerprint density at radius 1 is 1.36 bits per heavy atom. The highest BCUT2D eigenvalue weighted by molar-refractivity contribution is 7.16. The number of guanidine groups is 1. The zero-order valence-corrected chi connectivity index (χ0v) is 15.1. The van der Waals surface area contributed by atoms with Crippen LogP contribution in [0.1, 0.15) is 26.6 Å². The van der Waals surface area contributed by atoms with Crippen LogP contribution in [0.3, 0.4) is 0 Å². The Morgan fingerprint density at radius 3 is 2.68 bits per heavy atom. The molecule has 0 aliphatic rings. The number of thiophene rings is 1. The maximum Gasteiger partial charge on any atom is 0.191 e. The number of aliphatic hydroxyl groups excluding tert-OH is 1. The summed E-state index contributed by atoms with van der Waals surface area (Å²) in [5, 5.41) is 17.5. The first-order valence-corrected chi connectivity index (χ1v) is 8.81. The van der Waals surface area contributed by atoms with Crippen LogP contribution < -0.4 is 10.6 Å². The maximum absolute atomic E-state index is 10.1. The van der Waals surface area contributed by atoms with Gasteiger partial charge in [-0.05, 0) is 26.0 Å². The molecule has 1 atom stereocenters. The number of aryl methyl sites for hydroxylation is 2. The minimum Gasteiger partial charge on any atom is -0.386 e. The van der Waals surface area contributed by atoms with E-state index < -0.39 is 6.10 Å². The van der Waals surface area contributed by atoms with Crippen molar-refractivity contribution in [1.29, 1.82) is 0 Å². The van der Waals surface area contributed by atoms with Gasteiger partial charge in [0.1, 0.15) is 6.10 Å². The number of halogens is 1. The number of nitrogens with zero attached hydrogens (tertiary/aromatic N) is 2. The lowest BCUT2D eigenvalue weighted by Gasteiger charge is -2.14. The molecule has 0 bridgehead atoms. The first-order chi connectivity index (χ1) is 10.5. The molecule has 5 nitrogen and oxygen atoms in total. The second-order valence-corrected chi connectivity index (χ2v) is 7.74. The second-order valence-electron chi connectivity index (χ2n) is 4.71. The normalized spacial score (nSPS) is 13.2. The molecular weight excluding hydrogens is 340 g/mol. The van der Waals surface area contributed by atoms with Gasteiger partial charge >= 0.3 is 0 Å². The van der Waals surface area contributed by atoms with E-state index in [0.717, 1.165) is 15.6 Å². The summed E-state index contributed by atoms with van der Waals surface area (Å²) in [4.78, 5) is 10.6. The third-order valence-corrected chi connectivity index (χ3v) is 5.43. The smallest absolute Gasteiger partial charge is 0.191 e. The Labute approximate surface area is 143 Å². The predicted octanol–water partition coefficient (Wildman–Crippen LogP) is 2.87. The molecule has 2 aromatic rings.